The number of fused-ring (bicyclic) bond motifs is 1. The van der Waals surface area contributed by atoms with Crippen LogP contribution in [-0.4, -0.2) is 52.5 Å². The predicted molar refractivity (Wildman–Crippen MR) is 149 cm³/mol. The fraction of sp³-hybridized carbons (Fsp3) is 0.370. The number of aromatic amines is 1. The molecule has 37 heavy (non-hydrogen) atoms. The second kappa shape index (κ2) is 10.8. The summed E-state index contributed by atoms with van der Waals surface area (Å²) in [6.45, 7) is 7.86. The third kappa shape index (κ3) is 5.26. The van der Waals surface area contributed by atoms with Gasteiger partial charge < -0.3 is 31.0 Å². The molecular formula is C27H33N7O2S. The summed E-state index contributed by atoms with van der Waals surface area (Å²) in [5.74, 6) is 2.56. The number of primary amides is 1. The van der Waals surface area contributed by atoms with Gasteiger partial charge in [0.1, 0.15) is 22.3 Å². The molecule has 0 bridgehead atoms. The smallest absolute Gasteiger partial charge is 0.260 e. The Hall–Kier alpha value is -3.63. The number of nitrogens with two attached hydrogens (primary N) is 1. The van der Waals surface area contributed by atoms with Crippen molar-refractivity contribution in [2.75, 3.05) is 37.4 Å². The monoisotopic (exact) mass is 519 g/mol. The molecule has 5 rings (SSSR count). The SMILES string of the molecule is CCCN1CCC(c2cc(OC)c(Nc3nc(Nc4ccsc4C(N)=O)c4ccnc-4[nH]3)cc2C)CC1. The van der Waals surface area contributed by atoms with Gasteiger partial charge >= 0.3 is 0 Å². The molecule has 1 fully saturated rings. The molecule has 5 N–H and O–H groups in total. The number of ether oxygens (including phenoxy) is 1. The number of piperidine rings is 1. The van der Waals surface area contributed by atoms with Crippen LogP contribution >= 0.6 is 11.3 Å². The van der Waals surface area contributed by atoms with E-state index in [1.807, 2.05) is 17.5 Å². The van der Waals surface area contributed by atoms with Crippen LogP contribution in [0.4, 0.5) is 23.1 Å². The number of amides is 1. The van der Waals surface area contributed by atoms with E-state index in [1.54, 1.807) is 13.3 Å². The molecule has 3 aliphatic heterocycles. The number of aromatic nitrogens is 3. The van der Waals surface area contributed by atoms with Crippen molar-refractivity contribution in [2.45, 2.75) is 39.0 Å². The van der Waals surface area contributed by atoms with E-state index in [0.29, 0.717) is 34.1 Å². The molecule has 0 aliphatic carbocycles. The fourth-order valence-corrected chi connectivity index (χ4v) is 5.84. The van der Waals surface area contributed by atoms with Crippen LogP contribution in [0.1, 0.15) is 52.9 Å². The van der Waals surface area contributed by atoms with Gasteiger partial charge in [-0.1, -0.05) is 6.92 Å². The average Bonchev–Trinajstić information content (AvgIpc) is 3.55. The number of nitrogens with one attached hydrogen (secondary N) is 3. The summed E-state index contributed by atoms with van der Waals surface area (Å²) in [7, 11) is 1.69. The Kier molecular flexibility index (Phi) is 7.29. The number of methoxy groups -OCH3 is 1. The van der Waals surface area contributed by atoms with Crippen molar-refractivity contribution in [3.8, 4) is 17.1 Å². The Morgan fingerprint density at radius 3 is 2.78 bits per heavy atom. The third-order valence-electron chi connectivity index (χ3n) is 6.97. The molecule has 4 heterocycles. The van der Waals surface area contributed by atoms with Crippen LogP contribution < -0.4 is 21.1 Å². The molecule has 3 aliphatic rings. The number of aryl methyl sites for hydroxylation is 1. The number of carbonyl (C=O) groups is 1. The first-order chi connectivity index (χ1) is 18.0. The van der Waals surface area contributed by atoms with Gasteiger partial charge in [0, 0.05) is 6.20 Å². The normalized spacial score (nSPS) is 14.7. The summed E-state index contributed by atoms with van der Waals surface area (Å²) >= 11 is 1.29. The van der Waals surface area contributed by atoms with Crippen LogP contribution in [0.25, 0.3) is 11.4 Å². The molecule has 9 nitrogen and oxygen atoms in total. The fourth-order valence-electron chi connectivity index (χ4n) is 5.14. The maximum absolute atomic E-state index is 11.8. The highest BCUT2D eigenvalue weighted by Crippen LogP contribution is 2.38. The van der Waals surface area contributed by atoms with Crippen molar-refractivity contribution in [1.29, 1.82) is 0 Å². The highest BCUT2D eigenvalue weighted by molar-refractivity contribution is 7.12. The lowest BCUT2D eigenvalue weighted by molar-refractivity contribution is 0.100. The summed E-state index contributed by atoms with van der Waals surface area (Å²) in [6, 6.07) is 7.98. The molecule has 10 heteroatoms. The quantitative estimate of drug-likeness (QED) is 0.232. The first-order valence-corrected chi connectivity index (χ1v) is 13.5. The highest BCUT2D eigenvalue weighted by Gasteiger charge is 2.23. The lowest BCUT2D eigenvalue weighted by Gasteiger charge is -2.33. The van der Waals surface area contributed by atoms with E-state index in [1.165, 1.54) is 35.4 Å². The van der Waals surface area contributed by atoms with E-state index in [-0.39, 0.29) is 0 Å². The summed E-state index contributed by atoms with van der Waals surface area (Å²) < 4.78 is 5.80. The van der Waals surface area contributed by atoms with Crippen LogP contribution in [0.5, 0.6) is 5.75 Å². The summed E-state index contributed by atoms with van der Waals surface area (Å²) in [5.41, 5.74) is 10.4. The molecule has 1 saturated heterocycles. The van der Waals surface area contributed by atoms with Crippen molar-refractivity contribution in [1.82, 2.24) is 19.9 Å². The Morgan fingerprint density at radius 1 is 1.24 bits per heavy atom. The number of anilines is 4. The third-order valence-corrected chi connectivity index (χ3v) is 7.90. The molecule has 194 valence electrons. The standard InChI is InChI=1S/C27H33N7O2S/c1-4-10-34-11-6-17(7-12-34)19-15-22(36-3)21(14-16(19)2)31-27-32-25-18(5-9-29-25)26(33-27)30-20-8-13-37-23(20)24(28)35/h5,8-9,13-15,17H,4,6-7,10-12H2,1-3H3,(H2,28,35)(H3,29,30,31,32,33). The van der Waals surface area contributed by atoms with E-state index in [0.717, 1.165) is 42.9 Å². The topological polar surface area (TPSA) is 121 Å². The number of carbonyl (C=O) groups excluding carboxylic acids is 1. The molecule has 1 aromatic carbocycles. The van der Waals surface area contributed by atoms with E-state index in [9.17, 15) is 4.79 Å². The molecule has 0 unspecified atom stereocenters. The van der Waals surface area contributed by atoms with Gasteiger partial charge in [0.15, 0.2) is 0 Å². The minimum atomic E-state index is -0.480. The number of hydrogen-bond donors (Lipinski definition) is 4. The summed E-state index contributed by atoms with van der Waals surface area (Å²) in [6.07, 6.45) is 5.24. The van der Waals surface area contributed by atoms with Gasteiger partial charge in [-0.25, -0.2) is 4.98 Å². The van der Waals surface area contributed by atoms with Gasteiger partial charge in [-0.3, -0.25) is 4.79 Å². The number of nitrogens with zero attached hydrogens (tertiary/aromatic N) is 3. The Labute approximate surface area is 220 Å². The lowest BCUT2D eigenvalue weighted by Crippen LogP contribution is -2.33. The molecule has 1 aromatic heterocycles. The van der Waals surface area contributed by atoms with E-state index < -0.39 is 5.91 Å². The van der Waals surface area contributed by atoms with Gasteiger partial charge in [-0.05, 0) is 92.5 Å². The lowest BCUT2D eigenvalue weighted by atomic mass is 9.86. The van der Waals surface area contributed by atoms with Crippen molar-refractivity contribution in [2.24, 2.45) is 5.73 Å². The van der Waals surface area contributed by atoms with Crippen LogP contribution in [0, 0.1) is 6.92 Å². The van der Waals surface area contributed by atoms with Crippen LogP contribution in [-0.2, 0) is 0 Å². The van der Waals surface area contributed by atoms with Crippen molar-refractivity contribution in [3.05, 3.63) is 51.8 Å². The number of benzene rings is 1. The molecule has 0 saturated carbocycles. The van der Waals surface area contributed by atoms with Crippen LogP contribution in [0.3, 0.4) is 0 Å². The minimum absolute atomic E-state index is 0.449. The first kappa shape index (κ1) is 25.0. The predicted octanol–water partition coefficient (Wildman–Crippen LogP) is 5.46. The zero-order valence-electron chi connectivity index (χ0n) is 21.4. The highest BCUT2D eigenvalue weighted by atomic mass is 32.1. The Bertz CT molecular complexity index is 1360. The number of likely N-dealkylation sites (tertiary alicyclic amines) is 1. The molecule has 1 amide bonds. The zero-order chi connectivity index (χ0) is 25.9. The van der Waals surface area contributed by atoms with E-state index in [4.69, 9.17) is 15.5 Å². The second-order valence-electron chi connectivity index (χ2n) is 9.44. The van der Waals surface area contributed by atoms with Crippen LogP contribution in [0.15, 0.2) is 35.8 Å². The Morgan fingerprint density at radius 2 is 2.05 bits per heavy atom. The van der Waals surface area contributed by atoms with Crippen molar-refractivity contribution >= 4 is 40.4 Å². The molecule has 0 atom stereocenters. The van der Waals surface area contributed by atoms with Crippen molar-refractivity contribution < 1.29 is 9.53 Å². The van der Waals surface area contributed by atoms with Gasteiger partial charge in [0.2, 0.25) is 5.95 Å². The molecule has 0 radical (unpaired) electrons. The minimum Gasteiger partial charge on any atom is -0.495 e. The zero-order valence-corrected chi connectivity index (χ0v) is 22.2. The number of hydrogen-bond acceptors (Lipinski definition) is 8. The summed E-state index contributed by atoms with van der Waals surface area (Å²) in [5, 5.41) is 8.47. The second-order valence-corrected chi connectivity index (χ2v) is 10.4. The van der Waals surface area contributed by atoms with Crippen LogP contribution in [0.2, 0.25) is 0 Å². The number of rotatable bonds is 9. The maximum Gasteiger partial charge on any atom is 0.260 e. The van der Waals surface area contributed by atoms with E-state index in [2.05, 4.69) is 51.5 Å². The van der Waals surface area contributed by atoms with Crippen molar-refractivity contribution in [3.63, 3.8) is 0 Å². The first-order valence-electron chi connectivity index (χ1n) is 12.6. The maximum atomic E-state index is 11.8. The average molecular weight is 520 g/mol. The summed E-state index contributed by atoms with van der Waals surface area (Å²) in [4.78, 5) is 27.3. The molecule has 2 aromatic rings. The largest absolute Gasteiger partial charge is 0.495 e. The van der Waals surface area contributed by atoms with E-state index >= 15 is 0 Å². The van der Waals surface area contributed by atoms with Gasteiger partial charge in [-0.2, -0.15) is 4.98 Å². The van der Waals surface area contributed by atoms with Gasteiger partial charge in [-0.15, -0.1) is 11.3 Å². The number of thiophene rings is 1. The number of H-pyrrole nitrogens is 1. The molecular weight excluding hydrogens is 486 g/mol. The Balaban J connectivity index is 1.42. The molecule has 0 spiro atoms. The van der Waals surface area contributed by atoms with Gasteiger partial charge in [0.25, 0.3) is 5.91 Å². The van der Waals surface area contributed by atoms with Gasteiger partial charge in [0.05, 0.1) is 24.0 Å².